The molecule has 3 heterocycles. The number of nitrogens with zero attached hydrogens (tertiary/aromatic N) is 3. The molecule has 0 unspecified atom stereocenters. The second-order valence-electron chi connectivity index (χ2n) is 4.47. The fraction of sp³-hybridized carbons (Fsp3) is 0. The third-order valence-corrected chi connectivity index (χ3v) is 9.48. The molecule has 0 aliphatic carbocycles. The summed E-state index contributed by atoms with van der Waals surface area (Å²) in [5, 5.41) is -3.76. The molecule has 3 nitrogen and oxygen atoms in total. The molecule has 6 heteroatoms. The molecule has 3 aromatic rings. The van der Waals surface area contributed by atoms with Crippen molar-refractivity contribution in [2.24, 2.45) is 0 Å². The molecule has 0 atom stereocenters. The standard InChI is InChI=1S/C15H12Cl2N3P/c16-21(17,13-7-1-4-10-18-13,14-8-2-5-11-19-14)15-9-3-6-12-20-15/h1-12H. The van der Waals surface area contributed by atoms with Crippen LogP contribution in [-0.2, 0) is 0 Å². The zero-order valence-corrected chi connectivity index (χ0v) is 13.4. The van der Waals surface area contributed by atoms with E-state index in [-0.39, 0.29) is 0 Å². The van der Waals surface area contributed by atoms with E-state index in [1.807, 2.05) is 54.6 Å². The predicted molar refractivity (Wildman–Crippen MR) is 90.2 cm³/mol. The zero-order valence-electron chi connectivity index (χ0n) is 11.0. The van der Waals surface area contributed by atoms with E-state index in [4.69, 9.17) is 22.5 Å². The van der Waals surface area contributed by atoms with E-state index >= 15 is 0 Å². The van der Waals surface area contributed by atoms with Crippen molar-refractivity contribution in [3.63, 3.8) is 0 Å². The van der Waals surface area contributed by atoms with Gasteiger partial charge in [0.25, 0.3) is 0 Å². The number of halogens is 2. The summed E-state index contributed by atoms with van der Waals surface area (Å²) in [7, 11) is 0. The van der Waals surface area contributed by atoms with Gasteiger partial charge >= 0.3 is 132 Å². The monoisotopic (exact) mass is 335 g/mol. The molecular weight excluding hydrogens is 324 g/mol. The van der Waals surface area contributed by atoms with Gasteiger partial charge in [0.2, 0.25) is 0 Å². The minimum absolute atomic E-state index is 0.587. The van der Waals surface area contributed by atoms with Crippen LogP contribution in [0.5, 0.6) is 0 Å². The summed E-state index contributed by atoms with van der Waals surface area (Å²) in [6.45, 7) is 0. The Balaban J connectivity index is 2.36. The predicted octanol–water partition coefficient (Wildman–Crippen LogP) is 3.01. The van der Waals surface area contributed by atoms with Crippen LogP contribution in [0.2, 0.25) is 0 Å². The second-order valence-corrected chi connectivity index (χ2v) is 12.2. The van der Waals surface area contributed by atoms with Crippen LogP contribution in [-0.4, -0.2) is 15.0 Å². The van der Waals surface area contributed by atoms with Crippen molar-refractivity contribution in [1.29, 1.82) is 0 Å². The van der Waals surface area contributed by atoms with E-state index in [2.05, 4.69) is 15.0 Å². The van der Waals surface area contributed by atoms with Gasteiger partial charge in [0.1, 0.15) is 0 Å². The van der Waals surface area contributed by atoms with Crippen LogP contribution in [0.15, 0.2) is 73.2 Å². The van der Waals surface area contributed by atoms with E-state index < -0.39 is 5.31 Å². The van der Waals surface area contributed by atoms with E-state index in [1.165, 1.54) is 0 Å². The summed E-state index contributed by atoms with van der Waals surface area (Å²) in [4.78, 5) is 13.2. The van der Waals surface area contributed by atoms with Crippen molar-refractivity contribution in [1.82, 2.24) is 15.0 Å². The van der Waals surface area contributed by atoms with Gasteiger partial charge in [0.15, 0.2) is 0 Å². The number of pyridine rings is 3. The maximum absolute atomic E-state index is 7.08. The molecule has 0 spiro atoms. The molecule has 0 amide bonds. The number of rotatable bonds is 3. The molecule has 0 fully saturated rings. The van der Waals surface area contributed by atoms with Crippen LogP contribution in [0, 0.1) is 0 Å². The van der Waals surface area contributed by atoms with Gasteiger partial charge in [-0.3, -0.25) is 0 Å². The molecule has 3 aromatic heterocycles. The molecule has 106 valence electrons. The Kier molecular flexibility index (Phi) is 3.66. The van der Waals surface area contributed by atoms with E-state index in [9.17, 15) is 0 Å². The van der Waals surface area contributed by atoms with Crippen LogP contribution in [0.1, 0.15) is 0 Å². The van der Waals surface area contributed by atoms with Crippen molar-refractivity contribution >= 4 is 44.1 Å². The Bertz CT molecular complexity index is 633. The summed E-state index contributed by atoms with van der Waals surface area (Å²) in [5.74, 6) is 0. The fourth-order valence-corrected chi connectivity index (χ4v) is 6.47. The first-order valence-electron chi connectivity index (χ1n) is 6.32. The first-order valence-corrected chi connectivity index (χ1v) is 10.4. The molecule has 0 N–H and O–H groups in total. The van der Waals surface area contributed by atoms with Crippen molar-refractivity contribution in [2.75, 3.05) is 0 Å². The van der Waals surface area contributed by atoms with Crippen LogP contribution >= 0.6 is 27.8 Å². The average molecular weight is 336 g/mol. The summed E-state index contributed by atoms with van der Waals surface area (Å²) in [6, 6.07) is 16.5. The van der Waals surface area contributed by atoms with E-state index in [0.29, 0.717) is 16.3 Å². The summed E-state index contributed by atoms with van der Waals surface area (Å²) < 4.78 is 0. The van der Waals surface area contributed by atoms with Gasteiger partial charge in [0, 0.05) is 0 Å². The van der Waals surface area contributed by atoms with Gasteiger partial charge in [-0.1, -0.05) is 0 Å². The summed E-state index contributed by atoms with van der Waals surface area (Å²) >= 11 is 14.2. The van der Waals surface area contributed by atoms with E-state index in [0.717, 1.165) is 0 Å². The van der Waals surface area contributed by atoms with E-state index in [1.54, 1.807) is 18.6 Å². The first-order chi connectivity index (χ1) is 10.1. The van der Waals surface area contributed by atoms with Gasteiger partial charge in [0.05, 0.1) is 0 Å². The molecule has 0 aromatic carbocycles. The molecule has 21 heavy (non-hydrogen) atoms. The normalized spacial score (nSPS) is 13.3. The second kappa shape index (κ2) is 5.34. The van der Waals surface area contributed by atoms with Crippen LogP contribution in [0.4, 0.5) is 0 Å². The van der Waals surface area contributed by atoms with Crippen molar-refractivity contribution < 1.29 is 0 Å². The minimum atomic E-state index is -3.76. The molecule has 0 saturated carbocycles. The Morgan fingerprint density at radius 2 is 0.905 bits per heavy atom. The molecule has 3 rings (SSSR count). The van der Waals surface area contributed by atoms with Crippen LogP contribution < -0.4 is 16.3 Å². The zero-order chi connectivity index (χ0) is 14.8. The summed E-state index contributed by atoms with van der Waals surface area (Å²) in [6.07, 6.45) is 5.02. The Morgan fingerprint density at radius 1 is 0.571 bits per heavy atom. The van der Waals surface area contributed by atoms with Crippen LogP contribution in [0.25, 0.3) is 0 Å². The molecule has 0 aliphatic rings. The topological polar surface area (TPSA) is 38.7 Å². The average Bonchev–Trinajstić information content (AvgIpc) is 2.57. The third kappa shape index (κ3) is 2.32. The van der Waals surface area contributed by atoms with Crippen molar-refractivity contribution in [3.8, 4) is 0 Å². The molecule has 0 aliphatic heterocycles. The van der Waals surface area contributed by atoms with Crippen molar-refractivity contribution in [3.05, 3.63) is 73.2 Å². The van der Waals surface area contributed by atoms with Gasteiger partial charge in [-0.2, -0.15) is 0 Å². The van der Waals surface area contributed by atoms with Gasteiger partial charge < -0.3 is 0 Å². The Labute approximate surface area is 132 Å². The third-order valence-electron chi connectivity index (χ3n) is 3.15. The van der Waals surface area contributed by atoms with Crippen LogP contribution in [0.3, 0.4) is 0 Å². The SMILES string of the molecule is ClP(Cl)(c1ccccn1)(c1ccccn1)c1ccccn1. The quantitative estimate of drug-likeness (QED) is 0.690. The summed E-state index contributed by atoms with van der Waals surface area (Å²) in [5.41, 5.74) is 1.76. The number of aromatic nitrogens is 3. The maximum atomic E-state index is 7.08. The Hall–Kier alpha value is -1.54. The van der Waals surface area contributed by atoms with Gasteiger partial charge in [-0.25, -0.2) is 0 Å². The molecule has 0 saturated heterocycles. The first kappa shape index (κ1) is 14.4. The number of hydrogen-bond donors (Lipinski definition) is 0. The number of hydrogen-bond acceptors (Lipinski definition) is 3. The van der Waals surface area contributed by atoms with Gasteiger partial charge in [-0.05, 0) is 0 Å². The van der Waals surface area contributed by atoms with Gasteiger partial charge in [-0.15, -0.1) is 0 Å². The molecule has 0 bridgehead atoms. The molecular formula is C15H12Cl2N3P. The Morgan fingerprint density at radius 3 is 1.14 bits per heavy atom. The van der Waals surface area contributed by atoms with Crippen molar-refractivity contribution in [2.45, 2.75) is 0 Å². The molecule has 0 radical (unpaired) electrons. The fourth-order valence-electron chi connectivity index (χ4n) is 2.11.